The highest BCUT2D eigenvalue weighted by atomic mass is 32.2. The average molecular weight is 532 g/mol. The van der Waals surface area contributed by atoms with Gasteiger partial charge in [0.15, 0.2) is 11.0 Å². The van der Waals surface area contributed by atoms with Crippen LogP contribution in [0.5, 0.6) is 0 Å². The van der Waals surface area contributed by atoms with Gasteiger partial charge in [0, 0.05) is 11.3 Å². The SMILES string of the molecule is CC(=NNC(=O)CSc1nnc(-c2ccc(C)cc2)n1-c1ccc(C)cc1)c1ccc(-c2ccccc2)cc1. The van der Waals surface area contributed by atoms with Crippen LogP contribution < -0.4 is 5.43 Å². The van der Waals surface area contributed by atoms with Crippen LogP contribution in [-0.2, 0) is 4.79 Å². The molecule has 7 heteroatoms. The second kappa shape index (κ2) is 11.9. The lowest BCUT2D eigenvalue weighted by Gasteiger charge is -2.11. The predicted molar refractivity (Wildman–Crippen MR) is 159 cm³/mol. The van der Waals surface area contributed by atoms with Gasteiger partial charge < -0.3 is 0 Å². The molecule has 1 aromatic heterocycles. The lowest BCUT2D eigenvalue weighted by atomic mass is 10.0. The minimum absolute atomic E-state index is 0.154. The lowest BCUT2D eigenvalue weighted by Crippen LogP contribution is -2.21. The summed E-state index contributed by atoms with van der Waals surface area (Å²) in [6.07, 6.45) is 0. The van der Waals surface area contributed by atoms with Crippen LogP contribution in [0.4, 0.5) is 0 Å². The van der Waals surface area contributed by atoms with Gasteiger partial charge in [-0.05, 0) is 49.6 Å². The van der Waals surface area contributed by atoms with Crippen LogP contribution in [0.2, 0.25) is 0 Å². The van der Waals surface area contributed by atoms with Gasteiger partial charge >= 0.3 is 0 Å². The normalized spacial score (nSPS) is 11.4. The molecular weight excluding hydrogens is 502 g/mol. The molecule has 5 rings (SSSR count). The zero-order valence-electron chi connectivity index (χ0n) is 22.1. The monoisotopic (exact) mass is 531 g/mol. The molecule has 194 valence electrons. The number of aromatic nitrogens is 3. The summed E-state index contributed by atoms with van der Waals surface area (Å²) < 4.78 is 1.99. The number of amides is 1. The van der Waals surface area contributed by atoms with Crippen molar-refractivity contribution in [1.82, 2.24) is 20.2 Å². The summed E-state index contributed by atoms with van der Waals surface area (Å²) in [7, 11) is 0. The molecule has 0 saturated heterocycles. The highest BCUT2D eigenvalue weighted by Gasteiger charge is 2.17. The van der Waals surface area contributed by atoms with E-state index in [1.807, 2.05) is 66.1 Å². The Hall–Kier alpha value is -4.49. The van der Waals surface area contributed by atoms with E-state index in [4.69, 9.17) is 0 Å². The summed E-state index contributed by atoms with van der Waals surface area (Å²) in [4.78, 5) is 12.7. The van der Waals surface area contributed by atoms with Gasteiger partial charge in [0.25, 0.3) is 5.91 Å². The fraction of sp³-hybridized carbons (Fsp3) is 0.125. The summed E-state index contributed by atoms with van der Waals surface area (Å²) in [6.45, 7) is 5.99. The van der Waals surface area contributed by atoms with Gasteiger partial charge in [0.05, 0.1) is 11.5 Å². The molecule has 0 fully saturated rings. The maximum Gasteiger partial charge on any atom is 0.250 e. The maximum atomic E-state index is 12.7. The summed E-state index contributed by atoms with van der Waals surface area (Å²) in [6, 6.07) is 34.7. The van der Waals surface area contributed by atoms with Gasteiger partial charge in [-0.2, -0.15) is 5.10 Å². The number of nitrogens with one attached hydrogen (secondary N) is 1. The van der Waals surface area contributed by atoms with Crippen molar-refractivity contribution in [2.75, 3.05) is 5.75 Å². The van der Waals surface area contributed by atoms with Gasteiger partial charge in [-0.25, -0.2) is 5.43 Å². The molecular formula is C32H29N5OS. The van der Waals surface area contributed by atoms with Crippen molar-refractivity contribution >= 4 is 23.4 Å². The Morgan fingerprint density at radius 3 is 2.03 bits per heavy atom. The molecule has 1 amide bonds. The zero-order chi connectivity index (χ0) is 27.2. The molecule has 0 bridgehead atoms. The third-order valence-corrected chi connectivity index (χ3v) is 7.25. The first-order valence-corrected chi connectivity index (χ1v) is 13.7. The van der Waals surface area contributed by atoms with Gasteiger partial charge in [0.1, 0.15) is 0 Å². The molecule has 5 aromatic rings. The molecule has 0 spiro atoms. The summed E-state index contributed by atoms with van der Waals surface area (Å²) in [5.74, 6) is 0.673. The summed E-state index contributed by atoms with van der Waals surface area (Å²) in [5, 5.41) is 13.9. The molecule has 39 heavy (non-hydrogen) atoms. The molecule has 4 aromatic carbocycles. The Morgan fingerprint density at radius 2 is 1.36 bits per heavy atom. The zero-order valence-corrected chi connectivity index (χ0v) is 22.9. The van der Waals surface area contributed by atoms with Crippen LogP contribution >= 0.6 is 11.8 Å². The number of carbonyl (C=O) groups is 1. The summed E-state index contributed by atoms with van der Waals surface area (Å²) in [5.41, 5.74) is 10.9. The van der Waals surface area contributed by atoms with Crippen LogP contribution in [0, 0.1) is 13.8 Å². The van der Waals surface area contributed by atoms with Gasteiger partial charge in [-0.3, -0.25) is 9.36 Å². The number of carbonyl (C=O) groups excluding carboxylic acids is 1. The maximum absolute atomic E-state index is 12.7. The standard InChI is InChI=1S/C32H29N5OS/c1-22-9-13-28(14-10-22)31-35-36-32(37(31)29-19-11-23(2)12-20-29)39-21-30(38)34-33-24(3)25-15-17-27(18-16-25)26-7-5-4-6-8-26/h4-20H,21H2,1-3H3,(H,34,38). The predicted octanol–water partition coefficient (Wildman–Crippen LogP) is 6.85. The van der Waals surface area contributed by atoms with E-state index >= 15 is 0 Å². The lowest BCUT2D eigenvalue weighted by molar-refractivity contribution is -0.118. The second-order valence-corrected chi connectivity index (χ2v) is 10.2. The molecule has 1 N–H and O–H groups in total. The van der Waals surface area contributed by atoms with Crippen LogP contribution in [0.3, 0.4) is 0 Å². The molecule has 0 aliphatic carbocycles. The van der Waals surface area contributed by atoms with E-state index in [9.17, 15) is 4.79 Å². The van der Waals surface area contributed by atoms with E-state index in [0.29, 0.717) is 5.16 Å². The Balaban J connectivity index is 1.28. The molecule has 0 saturated carbocycles. The molecule has 0 aliphatic heterocycles. The van der Waals surface area contributed by atoms with Crippen molar-refractivity contribution < 1.29 is 4.79 Å². The van der Waals surface area contributed by atoms with E-state index in [2.05, 4.69) is 83.1 Å². The van der Waals surface area contributed by atoms with E-state index in [0.717, 1.165) is 39.5 Å². The fourth-order valence-corrected chi connectivity index (χ4v) is 4.83. The Bertz CT molecular complexity index is 1590. The first-order valence-electron chi connectivity index (χ1n) is 12.7. The van der Waals surface area contributed by atoms with Crippen molar-refractivity contribution in [2.24, 2.45) is 5.10 Å². The molecule has 0 atom stereocenters. The Labute approximate surface area is 232 Å². The first kappa shape index (κ1) is 26.1. The van der Waals surface area contributed by atoms with Crippen molar-refractivity contribution in [3.05, 3.63) is 120 Å². The number of nitrogens with zero attached hydrogens (tertiary/aromatic N) is 4. The third-order valence-electron chi connectivity index (χ3n) is 6.33. The van der Waals surface area contributed by atoms with Crippen molar-refractivity contribution in [3.63, 3.8) is 0 Å². The molecule has 1 heterocycles. The number of hydrogen-bond acceptors (Lipinski definition) is 5. The average Bonchev–Trinajstić information content (AvgIpc) is 3.40. The third kappa shape index (κ3) is 6.33. The van der Waals surface area contributed by atoms with Crippen LogP contribution in [0.25, 0.3) is 28.2 Å². The Morgan fingerprint density at radius 1 is 0.769 bits per heavy atom. The number of rotatable bonds is 8. The smallest absolute Gasteiger partial charge is 0.250 e. The van der Waals surface area contributed by atoms with E-state index in [1.165, 1.54) is 22.9 Å². The number of hydrazone groups is 1. The van der Waals surface area contributed by atoms with Crippen LogP contribution in [0.15, 0.2) is 113 Å². The van der Waals surface area contributed by atoms with E-state index in [1.54, 1.807) is 0 Å². The van der Waals surface area contributed by atoms with E-state index < -0.39 is 0 Å². The van der Waals surface area contributed by atoms with Gasteiger partial charge in [0.2, 0.25) is 0 Å². The highest BCUT2D eigenvalue weighted by Crippen LogP contribution is 2.28. The minimum Gasteiger partial charge on any atom is -0.272 e. The van der Waals surface area contributed by atoms with Crippen molar-refractivity contribution in [3.8, 4) is 28.2 Å². The number of aryl methyl sites for hydroxylation is 2. The molecule has 0 radical (unpaired) electrons. The largest absolute Gasteiger partial charge is 0.272 e. The van der Waals surface area contributed by atoms with E-state index in [-0.39, 0.29) is 11.7 Å². The molecule has 6 nitrogen and oxygen atoms in total. The highest BCUT2D eigenvalue weighted by molar-refractivity contribution is 7.99. The van der Waals surface area contributed by atoms with Crippen LogP contribution in [0.1, 0.15) is 23.6 Å². The van der Waals surface area contributed by atoms with Crippen molar-refractivity contribution in [2.45, 2.75) is 25.9 Å². The molecule has 0 unspecified atom stereocenters. The number of thioether (sulfide) groups is 1. The number of hydrogen-bond donors (Lipinski definition) is 1. The van der Waals surface area contributed by atoms with Crippen molar-refractivity contribution in [1.29, 1.82) is 0 Å². The quantitative estimate of drug-likeness (QED) is 0.135. The van der Waals surface area contributed by atoms with Crippen LogP contribution in [-0.4, -0.2) is 32.1 Å². The topological polar surface area (TPSA) is 72.2 Å². The first-order chi connectivity index (χ1) is 19.0. The minimum atomic E-state index is -0.212. The molecule has 0 aliphatic rings. The van der Waals surface area contributed by atoms with Gasteiger partial charge in [-0.1, -0.05) is 114 Å². The number of benzene rings is 4. The summed E-state index contributed by atoms with van der Waals surface area (Å²) >= 11 is 1.33. The van der Waals surface area contributed by atoms with Gasteiger partial charge in [-0.15, -0.1) is 10.2 Å². The second-order valence-electron chi connectivity index (χ2n) is 9.31. The fourth-order valence-electron chi connectivity index (χ4n) is 4.09. The Kier molecular flexibility index (Phi) is 7.99.